The van der Waals surface area contributed by atoms with E-state index in [0.717, 1.165) is 25.3 Å². The molecule has 0 amide bonds. The first-order valence-electron chi connectivity index (χ1n) is 7.11. The summed E-state index contributed by atoms with van der Waals surface area (Å²) in [5.41, 5.74) is 0.849. The molecule has 1 atom stereocenters. The van der Waals surface area contributed by atoms with E-state index in [1.807, 2.05) is 0 Å². The standard InChI is InChI=1S/C15H25NOS/c1-3-13-4-7-15(17,8-5-13)11-16-12(2)14-6-9-18-10-14/h6,9-10,12-13,16-17H,3-5,7-8,11H2,1-2H3. The van der Waals surface area contributed by atoms with Crippen LogP contribution in [0, 0.1) is 5.92 Å². The summed E-state index contributed by atoms with van der Waals surface area (Å²) in [5.74, 6) is 0.833. The largest absolute Gasteiger partial charge is 0.389 e. The predicted octanol–water partition coefficient (Wildman–Crippen LogP) is 3.73. The maximum Gasteiger partial charge on any atom is 0.0772 e. The molecule has 2 rings (SSSR count). The smallest absolute Gasteiger partial charge is 0.0772 e. The summed E-state index contributed by atoms with van der Waals surface area (Å²) in [4.78, 5) is 0. The van der Waals surface area contributed by atoms with Gasteiger partial charge in [-0.15, -0.1) is 0 Å². The molecule has 0 saturated heterocycles. The molecule has 1 fully saturated rings. The summed E-state index contributed by atoms with van der Waals surface area (Å²) in [7, 11) is 0. The summed E-state index contributed by atoms with van der Waals surface area (Å²) in [6.07, 6.45) is 5.53. The number of thiophene rings is 1. The van der Waals surface area contributed by atoms with E-state index in [2.05, 4.69) is 36.0 Å². The van der Waals surface area contributed by atoms with E-state index in [1.54, 1.807) is 11.3 Å². The third-order valence-corrected chi connectivity index (χ3v) is 5.10. The van der Waals surface area contributed by atoms with Crippen molar-refractivity contribution < 1.29 is 5.11 Å². The maximum absolute atomic E-state index is 10.6. The monoisotopic (exact) mass is 267 g/mol. The Balaban J connectivity index is 1.79. The van der Waals surface area contributed by atoms with Crippen molar-refractivity contribution in [3.8, 4) is 0 Å². The van der Waals surface area contributed by atoms with Crippen molar-refractivity contribution >= 4 is 11.3 Å². The normalized spacial score (nSPS) is 30.3. The highest BCUT2D eigenvalue weighted by Crippen LogP contribution is 2.33. The zero-order valence-corrected chi connectivity index (χ0v) is 12.3. The molecule has 0 radical (unpaired) electrons. The van der Waals surface area contributed by atoms with Crippen LogP contribution in [-0.2, 0) is 0 Å². The third kappa shape index (κ3) is 3.56. The molecule has 1 aliphatic carbocycles. The molecule has 0 aromatic carbocycles. The van der Waals surface area contributed by atoms with E-state index < -0.39 is 5.60 Å². The molecule has 1 aliphatic rings. The number of aliphatic hydroxyl groups is 1. The van der Waals surface area contributed by atoms with Crippen molar-refractivity contribution in [2.75, 3.05) is 6.54 Å². The van der Waals surface area contributed by atoms with Crippen LogP contribution in [0.25, 0.3) is 0 Å². The van der Waals surface area contributed by atoms with Gasteiger partial charge in [0.25, 0.3) is 0 Å². The second-order valence-corrected chi connectivity index (χ2v) is 6.52. The average Bonchev–Trinajstić information content (AvgIpc) is 2.91. The fourth-order valence-electron chi connectivity index (χ4n) is 2.78. The van der Waals surface area contributed by atoms with Gasteiger partial charge in [-0.3, -0.25) is 0 Å². The number of nitrogens with one attached hydrogen (secondary N) is 1. The Morgan fingerprint density at radius 3 is 2.78 bits per heavy atom. The zero-order chi connectivity index (χ0) is 13.0. The van der Waals surface area contributed by atoms with E-state index in [0.29, 0.717) is 6.04 Å². The van der Waals surface area contributed by atoms with Gasteiger partial charge in [0.05, 0.1) is 5.60 Å². The minimum Gasteiger partial charge on any atom is -0.389 e. The quantitative estimate of drug-likeness (QED) is 0.852. The van der Waals surface area contributed by atoms with Crippen LogP contribution in [0.4, 0.5) is 0 Å². The molecule has 1 saturated carbocycles. The van der Waals surface area contributed by atoms with Gasteiger partial charge in [0, 0.05) is 12.6 Å². The summed E-state index contributed by atoms with van der Waals surface area (Å²) in [6, 6.07) is 2.49. The summed E-state index contributed by atoms with van der Waals surface area (Å²) in [6.45, 7) is 5.15. The van der Waals surface area contributed by atoms with Crippen molar-refractivity contribution in [1.29, 1.82) is 0 Å². The highest BCUT2D eigenvalue weighted by atomic mass is 32.1. The van der Waals surface area contributed by atoms with Gasteiger partial charge in [0.2, 0.25) is 0 Å². The molecule has 18 heavy (non-hydrogen) atoms. The van der Waals surface area contributed by atoms with Gasteiger partial charge >= 0.3 is 0 Å². The molecule has 0 bridgehead atoms. The Bertz CT molecular complexity index is 341. The minimum absolute atomic E-state index is 0.337. The SMILES string of the molecule is CCC1CCC(O)(CNC(C)c2ccsc2)CC1. The summed E-state index contributed by atoms with van der Waals surface area (Å²) in [5, 5.41) is 18.3. The second-order valence-electron chi connectivity index (χ2n) is 5.74. The molecule has 2 N–H and O–H groups in total. The fraction of sp³-hybridized carbons (Fsp3) is 0.733. The molecular formula is C15H25NOS. The molecule has 1 aromatic heterocycles. The molecule has 0 aliphatic heterocycles. The molecule has 1 heterocycles. The van der Waals surface area contributed by atoms with Gasteiger partial charge in [-0.2, -0.15) is 11.3 Å². The van der Waals surface area contributed by atoms with Crippen molar-refractivity contribution in [3.05, 3.63) is 22.4 Å². The topological polar surface area (TPSA) is 32.3 Å². The zero-order valence-electron chi connectivity index (χ0n) is 11.5. The Morgan fingerprint density at radius 1 is 1.50 bits per heavy atom. The Labute approximate surface area is 114 Å². The fourth-order valence-corrected chi connectivity index (χ4v) is 3.54. The van der Waals surface area contributed by atoms with E-state index >= 15 is 0 Å². The van der Waals surface area contributed by atoms with Crippen LogP contribution >= 0.6 is 11.3 Å². The van der Waals surface area contributed by atoms with Crippen LogP contribution < -0.4 is 5.32 Å². The van der Waals surface area contributed by atoms with Crippen LogP contribution in [0.15, 0.2) is 16.8 Å². The molecular weight excluding hydrogens is 242 g/mol. The van der Waals surface area contributed by atoms with E-state index in [-0.39, 0.29) is 0 Å². The summed E-state index contributed by atoms with van der Waals surface area (Å²) < 4.78 is 0. The van der Waals surface area contributed by atoms with E-state index in [4.69, 9.17) is 0 Å². The van der Waals surface area contributed by atoms with Crippen molar-refractivity contribution in [2.24, 2.45) is 5.92 Å². The average molecular weight is 267 g/mol. The third-order valence-electron chi connectivity index (χ3n) is 4.39. The Kier molecular flexibility index (Phi) is 4.82. The van der Waals surface area contributed by atoms with Crippen LogP contribution in [0.1, 0.15) is 57.6 Å². The van der Waals surface area contributed by atoms with Crippen molar-refractivity contribution in [2.45, 2.75) is 57.6 Å². The number of hydrogen-bond donors (Lipinski definition) is 2. The van der Waals surface area contributed by atoms with Gasteiger partial charge in [-0.1, -0.05) is 13.3 Å². The highest BCUT2D eigenvalue weighted by Gasteiger charge is 2.32. The number of rotatable bonds is 5. The lowest BCUT2D eigenvalue weighted by Crippen LogP contribution is -2.44. The lowest BCUT2D eigenvalue weighted by Gasteiger charge is -2.36. The van der Waals surface area contributed by atoms with Gasteiger partial charge in [-0.05, 0) is 60.9 Å². The molecule has 1 unspecified atom stereocenters. The van der Waals surface area contributed by atoms with E-state index in [9.17, 15) is 5.11 Å². The number of hydrogen-bond acceptors (Lipinski definition) is 3. The minimum atomic E-state index is -0.476. The molecule has 1 aromatic rings. The maximum atomic E-state index is 10.6. The summed E-state index contributed by atoms with van der Waals surface area (Å²) >= 11 is 1.73. The first-order chi connectivity index (χ1) is 8.63. The second kappa shape index (κ2) is 6.18. The van der Waals surface area contributed by atoms with Crippen molar-refractivity contribution in [1.82, 2.24) is 5.32 Å². The van der Waals surface area contributed by atoms with Gasteiger partial charge in [-0.25, -0.2) is 0 Å². The van der Waals surface area contributed by atoms with Crippen LogP contribution in [-0.4, -0.2) is 17.3 Å². The van der Waals surface area contributed by atoms with Gasteiger partial charge < -0.3 is 10.4 Å². The van der Waals surface area contributed by atoms with Crippen LogP contribution in [0.5, 0.6) is 0 Å². The predicted molar refractivity (Wildman–Crippen MR) is 77.9 cm³/mol. The molecule has 2 nitrogen and oxygen atoms in total. The van der Waals surface area contributed by atoms with Crippen molar-refractivity contribution in [3.63, 3.8) is 0 Å². The Hall–Kier alpha value is -0.380. The first kappa shape index (κ1) is 14.0. The van der Waals surface area contributed by atoms with E-state index in [1.165, 1.54) is 24.8 Å². The molecule has 0 spiro atoms. The van der Waals surface area contributed by atoms with Crippen LogP contribution in [0.2, 0.25) is 0 Å². The van der Waals surface area contributed by atoms with Gasteiger partial charge in [0.15, 0.2) is 0 Å². The first-order valence-corrected chi connectivity index (χ1v) is 8.05. The molecule has 102 valence electrons. The lowest BCUT2D eigenvalue weighted by molar-refractivity contribution is -0.0103. The highest BCUT2D eigenvalue weighted by molar-refractivity contribution is 7.07. The van der Waals surface area contributed by atoms with Crippen LogP contribution in [0.3, 0.4) is 0 Å². The lowest BCUT2D eigenvalue weighted by atomic mass is 9.78. The molecule has 3 heteroatoms. The Morgan fingerprint density at radius 2 is 2.22 bits per heavy atom. The van der Waals surface area contributed by atoms with Gasteiger partial charge in [0.1, 0.15) is 0 Å².